The first-order chi connectivity index (χ1) is 11.0. The first-order valence-electron chi connectivity index (χ1n) is 7.38. The smallest absolute Gasteiger partial charge is 0.337 e. The molecule has 0 atom stereocenters. The lowest BCUT2D eigenvalue weighted by Crippen LogP contribution is -2.03. The molecule has 0 unspecified atom stereocenters. The summed E-state index contributed by atoms with van der Waals surface area (Å²) in [6, 6.07) is 6.63. The molecular weight excluding hydrogens is 314 g/mol. The fraction of sp³-hybridized carbons (Fsp3) is 0.222. The van der Waals surface area contributed by atoms with E-state index in [0.29, 0.717) is 16.3 Å². The van der Waals surface area contributed by atoms with E-state index < -0.39 is 5.97 Å². The summed E-state index contributed by atoms with van der Waals surface area (Å²) in [7, 11) is 0. The van der Waals surface area contributed by atoms with Gasteiger partial charge in [0.1, 0.15) is 5.75 Å². The molecule has 0 bridgehead atoms. The molecule has 5 heteroatoms. The molecule has 3 rings (SSSR count). The zero-order chi connectivity index (χ0) is 16.6. The minimum absolute atomic E-state index is 0.183. The largest absolute Gasteiger partial charge is 0.507 e. The predicted octanol–water partition coefficient (Wildman–Crippen LogP) is 4.54. The average molecular weight is 330 g/mol. The Balaban J connectivity index is 2.15. The normalized spacial score (nSPS) is 14.3. The van der Waals surface area contributed by atoms with Gasteiger partial charge in [-0.25, -0.2) is 4.79 Å². The number of carbonyl (C=O) groups is 1. The van der Waals surface area contributed by atoms with E-state index in [4.69, 9.17) is 11.6 Å². The summed E-state index contributed by atoms with van der Waals surface area (Å²) in [5, 5.41) is 20.0. The topological polar surface area (TPSA) is 70.4 Å². The molecule has 1 aromatic heterocycles. The van der Waals surface area contributed by atoms with Crippen molar-refractivity contribution in [2.75, 3.05) is 0 Å². The van der Waals surface area contributed by atoms with Gasteiger partial charge in [-0.2, -0.15) is 0 Å². The van der Waals surface area contributed by atoms with E-state index >= 15 is 0 Å². The Morgan fingerprint density at radius 3 is 2.70 bits per heavy atom. The second-order valence-electron chi connectivity index (χ2n) is 5.63. The SMILES string of the molecule is Cc1ncc(C2=C(c3cc(Cl)ccc3O)CCC2)cc1C(=O)O. The van der Waals surface area contributed by atoms with Gasteiger partial charge >= 0.3 is 5.97 Å². The summed E-state index contributed by atoms with van der Waals surface area (Å²) in [5.74, 6) is -0.801. The van der Waals surface area contributed by atoms with Crippen molar-refractivity contribution in [1.82, 2.24) is 4.98 Å². The lowest BCUT2D eigenvalue weighted by molar-refractivity contribution is 0.0695. The highest BCUT2D eigenvalue weighted by molar-refractivity contribution is 6.30. The Labute approximate surface area is 139 Å². The van der Waals surface area contributed by atoms with E-state index in [1.807, 2.05) is 0 Å². The van der Waals surface area contributed by atoms with Crippen LogP contribution in [0, 0.1) is 6.92 Å². The minimum Gasteiger partial charge on any atom is -0.507 e. The molecule has 1 aliphatic carbocycles. The van der Waals surface area contributed by atoms with Gasteiger partial charge in [0.2, 0.25) is 0 Å². The minimum atomic E-state index is -0.984. The van der Waals surface area contributed by atoms with Crippen LogP contribution >= 0.6 is 11.6 Å². The molecule has 0 amide bonds. The van der Waals surface area contributed by atoms with Crippen LogP contribution in [0.3, 0.4) is 0 Å². The number of benzene rings is 1. The van der Waals surface area contributed by atoms with Gasteiger partial charge in [0.15, 0.2) is 0 Å². The molecular formula is C18H16ClNO3. The van der Waals surface area contributed by atoms with Crippen molar-refractivity contribution in [2.45, 2.75) is 26.2 Å². The second kappa shape index (κ2) is 6.05. The number of aromatic nitrogens is 1. The maximum atomic E-state index is 11.3. The van der Waals surface area contributed by atoms with Gasteiger partial charge in [-0.1, -0.05) is 11.6 Å². The number of allylic oxidation sites excluding steroid dienone is 2. The summed E-state index contributed by atoms with van der Waals surface area (Å²) >= 11 is 6.05. The Kier molecular flexibility index (Phi) is 4.09. The zero-order valence-electron chi connectivity index (χ0n) is 12.6. The van der Waals surface area contributed by atoms with Crippen molar-refractivity contribution in [3.8, 4) is 5.75 Å². The first kappa shape index (κ1) is 15.6. The maximum Gasteiger partial charge on any atom is 0.337 e. The number of phenolic OH excluding ortho intramolecular Hbond substituents is 1. The van der Waals surface area contributed by atoms with Gasteiger partial charge in [0, 0.05) is 16.8 Å². The van der Waals surface area contributed by atoms with Crippen LogP contribution in [0.2, 0.25) is 5.02 Å². The average Bonchev–Trinajstić information content (AvgIpc) is 2.99. The lowest BCUT2D eigenvalue weighted by atomic mass is 9.96. The number of halogens is 1. The van der Waals surface area contributed by atoms with E-state index in [1.165, 1.54) is 0 Å². The molecule has 2 aromatic rings. The van der Waals surface area contributed by atoms with Crippen LogP contribution in [0.25, 0.3) is 11.1 Å². The number of hydrogen-bond donors (Lipinski definition) is 2. The second-order valence-corrected chi connectivity index (χ2v) is 6.07. The summed E-state index contributed by atoms with van der Waals surface area (Å²) in [6.45, 7) is 1.68. The van der Waals surface area contributed by atoms with E-state index in [9.17, 15) is 15.0 Å². The first-order valence-corrected chi connectivity index (χ1v) is 7.76. The van der Waals surface area contributed by atoms with E-state index in [-0.39, 0.29) is 11.3 Å². The van der Waals surface area contributed by atoms with Crippen molar-refractivity contribution in [3.63, 3.8) is 0 Å². The Morgan fingerprint density at radius 2 is 1.96 bits per heavy atom. The quantitative estimate of drug-likeness (QED) is 0.867. The molecule has 1 aliphatic rings. The molecule has 1 heterocycles. The molecule has 0 spiro atoms. The van der Waals surface area contributed by atoms with E-state index in [0.717, 1.165) is 36.0 Å². The summed E-state index contributed by atoms with van der Waals surface area (Å²) in [6.07, 6.45) is 4.29. The van der Waals surface area contributed by atoms with Gasteiger partial charge in [-0.15, -0.1) is 0 Å². The number of nitrogens with zero attached hydrogens (tertiary/aromatic N) is 1. The maximum absolute atomic E-state index is 11.3. The van der Waals surface area contributed by atoms with Crippen molar-refractivity contribution in [2.24, 2.45) is 0 Å². The molecule has 23 heavy (non-hydrogen) atoms. The van der Waals surface area contributed by atoms with Gasteiger partial charge in [-0.3, -0.25) is 4.98 Å². The molecule has 0 saturated carbocycles. The van der Waals surface area contributed by atoms with E-state index in [2.05, 4.69) is 4.98 Å². The molecule has 2 N–H and O–H groups in total. The third kappa shape index (κ3) is 2.94. The summed E-state index contributed by atoms with van der Waals surface area (Å²) < 4.78 is 0. The number of carboxylic acid groups (broad SMARTS) is 1. The molecule has 0 aliphatic heterocycles. The number of rotatable bonds is 3. The number of hydrogen-bond acceptors (Lipinski definition) is 3. The number of phenols is 1. The van der Waals surface area contributed by atoms with Gasteiger partial charge < -0.3 is 10.2 Å². The highest BCUT2D eigenvalue weighted by Gasteiger charge is 2.21. The third-order valence-corrected chi connectivity index (χ3v) is 4.40. The van der Waals surface area contributed by atoms with E-state index in [1.54, 1.807) is 37.4 Å². The van der Waals surface area contributed by atoms with Crippen molar-refractivity contribution in [3.05, 3.63) is 57.9 Å². The summed E-state index contributed by atoms with van der Waals surface area (Å²) in [5.41, 5.74) is 4.23. The molecule has 0 fully saturated rings. The highest BCUT2D eigenvalue weighted by Crippen LogP contribution is 2.43. The Bertz CT molecular complexity index is 827. The van der Waals surface area contributed by atoms with Crippen LogP contribution in [0.1, 0.15) is 46.4 Å². The van der Waals surface area contributed by atoms with Crippen LogP contribution < -0.4 is 0 Å². The van der Waals surface area contributed by atoms with Crippen LogP contribution in [0.5, 0.6) is 5.75 Å². The molecule has 0 saturated heterocycles. The van der Waals surface area contributed by atoms with Gasteiger partial charge in [0.25, 0.3) is 0 Å². The van der Waals surface area contributed by atoms with Crippen molar-refractivity contribution < 1.29 is 15.0 Å². The van der Waals surface area contributed by atoms with Gasteiger partial charge in [0.05, 0.1) is 11.3 Å². The predicted molar refractivity (Wildman–Crippen MR) is 89.7 cm³/mol. The summed E-state index contributed by atoms with van der Waals surface area (Å²) in [4.78, 5) is 15.5. The standard InChI is InChI=1S/C18H16ClNO3/c1-10-15(18(22)23)7-11(9-20-10)13-3-2-4-14(13)16-8-12(19)5-6-17(16)21/h5-9,21H,2-4H2,1H3,(H,22,23). The Hall–Kier alpha value is -2.33. The number of pyridine rings is 1. The van der Waals surface area contributed by atoms with Crippen LogP contribution in [0.15, 0.2) is 30.5 Å². The molecule has 1 aromatic carbocycles. The molecule has 0 radical (unpaired) electrons. The van der Waals surface area contributed by atoms with Crippen molar-refractivity contribution >= 4 is 28.7 Å². The fourth-order valence-corrected chi connectivity index (χ4v) is 3.20. The number of carboxylic acids is 1. The number of aromatic carboxylic acids is 1. The molecule has 4 nitrogen and oxygen atoms in total. The number of aromatic hydroxyl groups is 1. The molecule has 118 valence electrons. The van der Waals surface area contributed by atoms with Crippen LogP contribution in [-0.2, 0) is 0 Å². The third-order valence-electron chi connectivity index (χ3n) is 4.17. The Morgan fingerprint density at radius 1 is 1.22 bits per heavy atom. The van der Waals surface area contributed by atoms with Crippen LogP contribution in [0.4, 0.5) is 0 Å². The van der Waals surface area contributed by atoms with Gasteiger partial charge in [-0.05, 0) is 67.2 Å². The number of aryl methyl sites for hydroxylation is 1. The fourth-order valence-electron chi connectivity index (χ4n) is 3.02. The monoisotopic (exact) mass is 329 g/mol. The zero-order valence-corrected chi connectivity index (χ0v) is 13.4. The lowest BCUT2D eigenvalue weighted by Gasteiger charge is -2.11. The highest BCUT2D eigenvalue weighted by atomic mass is 35.5. The van der Waals surface area contributed by atoms with Crippen LogP contribution in [-0.4, -0.2) is 21.2 Å². The van der Waals surface area contributed by atoms with Crippen molar-refractivity contribution in [1.29, 1.82) is 0 Å².